The van der Waals surface area contributed by atoms with Crippen LogP contribution in [0.25, 0.3) is 0 Å². The van der Waals surface area contributed by atoms with Gasteiger partial charge in [-0.15, -0.1) is 0 Å². The first-order valence-corrected chi connectivity index (χ1v) is 9.75. The number of halogens is 3. The van der Waals surface area contributed by atoms with Crippen LogP contribution in [0.1, 0.15) is 22.3 Å². The Hall–Kier alpha value is -1.99. The number of nitrogens with zero attached hydrogens (tertiary/aromatic N) is 1. The third-order valence-electron chi connectivity index (χ3n) is 4.06. The van der Waals surface area contributed by atoms with Gasteiger partial charge in [-0.3, -0.25) is 4.79 Å². The van der Waals surface area contributed by atoms with Crippen LogP contribution in [0.4, 0.5) is 14.5 Å². The van der Waals surface area contributed by atoms with Crippen molar-refractivity contribution in [3.63, 3.8) is 0 Å². The summed E-state index contributed by atoms with van der Waals surface area (Å²) in [5.74, 6) is -2.00. The molecule has 2 aromatic carbocycles. The van der Waals surface area contributed by atoms with Gasteiger partial charge in [-0.05, 0) is 37.1 Å². The summed E-state index contributed by atoms with van der Waals surface area (Å²) < 4.78 is 51.1. The summed E-state index contributed by atoms with van der Waals surface area (Å²) in [6.45, 7) is 0.283. The lowest BCUT2D eigenvalue weighted by molar-refractivity contribution is 0.0985. The molecule has 1 aliphatic rings. The number of carbonyl (C=O) groups excluding carboxylic acids is 1. The second kappa shape index (κ2) is 6.38. The normalized spacial score (nSPS) is 14.3. The highest BCUT2D eigenvalue weighted by Gasteiger charge is 2.27. The average molecular weight is 386 g/mol. The molecule has 0 saturated heterocycles. The Morgan fingerprint density at radius 2 is 1.92 bits per heavy atom. The SMILES string of the molecule is CS(=O)(=O)c1cc(C(=O)N2CCCc3c(F)cc(F)cc32)ccc1Cl. The summed E-state index contributed by atoms with van der Waals surface area (Å²) >= 11 is 5.89. The van der Waals surface area contributed by atoms with Crippen LogP contribution in [0, 0.1) is 11.6 Å². The van der Waals surface area contributed by atoms with Crippen LogP contribution in [-0.4, -0.2) is 27.1 Å². The van der Waals surface area contributed by atoms with Gasteiger partial charge in [-0.1, -0.05) is 11.6 Å². The molecule has 2 aromatic rings. The standard InChI is InChI=1S/C17H14ClF2NO3S/c1-25(23,24)16-7-10(4-5-13(16)18)17(22)21-6-2-3-12-14(20)8-11(19)9-15(12)21/h4-5,7-9H,2-3,6H2,1H3. The maximum Gasteiger partial charge on any atom is 0.258 e. The molecule has 3 rings (SSSR count). The van der Waals surface area contributed by atoms with Crippen LogP contribution < -0.4 is 4.90 Å². The zero-order valence-corrected chi connectivity index (χ0v) is 14.8. The van der Waals surface area contributed by atoms with Gasteiger partial charge in [-0.25, -0.2) is 17.2 Å². The molecule has 132 valence electrons. The van der Waals surface area contributed by atoms with Crippen LogP contribution in [0.15, 0.2) is 35.2 Å². The van der Waals surface area contributed by atoms with Crippen molar-refractivity contribution in [1.82, 2.24) is 0 Å². The molecule has 1 aliphatic heterocycles. The van der Waals surface area contributed by atoms with E-state index in [1.54, 1.807) is 0 Å². The molecular formula is C17H14ClF2NO3S. The van der Waals surface area contributed by atoms with E-state index < -0.39 is 27.4 Å². The second-order valence-corrected chi connectivity index (χ2v) is 8.25. The molecule has 0 saturated carbocycles. The molecule has 1 heterocycles. The number of hydrogen-bond acceptors (Lipinski definition) is 3. The van der Waals surface area contributed by atoms with E-state index >= 15 is 0 Å². The lowest BCUT2D eigenvalue weighted by Crippen LogP contribution is -2.36. The van der Waals surface area contributed by atoms with E-state index in [1.807, 2.05) is 0 Å². The van der Waals surface area contributed by atoms with E-state index in [0.29, 0.717) is 12.8 Å². The van der Waals surface area contributed by atoms with Crippen LogP contribution in [-0.2, 0) is 16.3 Å². The van der Waals surface area contributed by atoms with Gasteiger partial charge in [0.2, 0.25) is 0 Å². The van der Waals surface area contributed by atoms with Crippen LogP contribution in [0.3, 0.4) is 0 Å². The maximum atomic E-state index is 14.0. The number of fused-ring (bicyclic) bond motifs is 1. The molecular weight excluding hydrogens is 372 g/mol. The lowest BCUT2D eigenvalue weighted by Gasteiger charge is -2.30. The topological polar surface area (TPSA) is 54.5 Å². The van der Waals surface area contributed by atoms with Crippen molar-refractivity contribution in [1.29, 1.82) is 0 Å². The van der Waals surface area contributed by atoms with Gasteiger partial charge in [0, 0.05) is 30.0 Å². The largest absolute Gasteiger partial charge is 0.308 e. The Kier molecular flexibility index (Phi) is 4.55. The van der Waals surface area contributed by atoms with E-state index in [9.17, 15) is 22.0 Å². The molecule has 0 spiro atoms. The van der Waals surface area contributed by atoms with Crippen molar-refractivity contribution in [3.05, 3.63) is 58.1 Å². The fraction of sp³-hybridized carbons (Fsp3) is 0.235. The highest BCUT2D eigenvalue weighted by molar-refractivity contribution is 7.90. The van der Waals surface area contributed by atoms with Gasteiger partial charge in [0.1, 0.15) is 11.6 Å². The van der Waals surface area contributed by atoms with Gasteiger partial charge < -0.3 is 4.90 Å². The molecule has 25 heavy (non-hydrogen) atoms. The van der Waals surface area contributed by atoms with E-state index in [-0.39, 0.29) is 33.3 Å². The van der Waals surface area contributed by atoms with Gasteiger partial charge in [0.25, 0.3) is 5.91 Å². The number of amides is 1. The Morgan fingerprint density at radius 3 is 2.60 bits per heavy atom. The van der Waals surface area contributed by atoms with Gasteiger partial charge >= 0.3 is 0 Å². The monoisotopic (exact) mass is 385 g/mol. The average Bonchev–Trinajstić information content (AvgIpc) is 2.53. The van der Waals surface area contributed by atoms with Crippen molar-refractivity contribution in [2.24, 2.45) is 0 Å². The molecule has 4 nitrogen and oxygen atoms in total. The molecule has 1 amide bonds. The van der Waals surface area contributed by atoms with Gasteiger partial charge in [0.05, 0.1) is 15.6 Å². The summed E-state index contributed by atoms with van der Waals surface area (Å²) in [7, 11) is -3.62. The van der Waals surface area contributed by atoms with Crippen molar-refractivity contribution >= 4 is 33.0 Å². The maximum absolute atomic E-state index is 14.0. The summed E-state index contributed by atoms with van der Waals surface area (Å²) in [6.07, 6.45) is 1.91. The smallest absolute Gasteiger partial charge is 0.258 e. The van der Waals surface area contributed by atoms with E-state index in [0.717, 1.165) is 18.4 Å². The molecule has 0 aromatic heterocycles. The molecule has 0 radical (unpaired) electrons. The lowest BCUT2D eigenvalue weighted by atomic mass is 10.00. The summed E-state index contributed by atoms with van der Waals surface area (Å²) in [6, 6.07) is 5.80. The predicted molar refractivity (Wildman–Crippen MR) is 90.9 cm³/mol. The fourth-order valence-corrected chi connectivity index (χ4v) is 4.20. The number of anilines is 1. The quantitative estimate of drug-likeness (QED) is 0.793. The van der Waals surface area contributed by atoms with Crippen molar-refractivity contribution < 1.29 is 22.0 Å². The third kappa shape index (κ3) is 3.39. The Bertz CT molecular complexity index is 976. The van der Waals surface area contributed by atoms with Crippen LogP contribution in [0.5, 0.6) is 0 Å². The number of sulfone groups is 1. The van der Waals surface area contributed by atoms with E-state index in [2.05, 4.69) is 0 Å². The zero-order valence-electron chi connectivity index (χ0n) is 13.2. The number of carbonyl (C=O) groups is 1. The Morgan fingerprint density at radius 1 is 1.20 bits per heavy atom. The van der Waals surface area contributed by atoms with Crippen LogP contribution in [0.2, 0.25) is 5.02 Å². The number of hydrogen-bond donors (Lipinski definition) is 0. The molecule has 0 fully saturated rings. The molecule has 8 heteroatoms. The van der Waals surface area contributed by atoms with Crippen molar-refractivity contribution in [2.75, 3.05) is 17.7 Å². The van der Waals surface area contributed by atoms with Crippen molar-refractivity contribution in [3.8, 4) is 0 Å². The molecule has 0 atom stereocenters. The number of rotatable bonds is 2. The van der Waals surface area contributed by atoms with Gasteiger partial charge in [0.15, 0.2) is 9.84 Å². The highest BCUT2D eigenvalue weighted by atomic mass is 35.5. The van der Waals surface area contributed by atoms with Crippen molar-refractivity contribution in [2.45, 2.75) is 17.7 Å². The Balaban J connectivity index is 2.07. The van der Waals surface area contributed by atoms with E-state index in [1.165, 1.54) is 23.1 Å². The minimum atomic E-state index is -3.62. The molecule has 0 N–H and O–H groups in total. The first-order chi connectivity index (χ1) is 11.7. The second-order valence-electron chi connectivity index (χ2n) is 5.86. The minimum Gasteiger partial charge on any atom is -0.308 e. The summed E-state index contributed by atoms with van der Waals surface area (Å²) in [5, 5.41) is 0.00943. The summed E-state index contributed by atoms with van der Waals surface area (Å²) in [5.41, 5.74) is 0.533. The first-order valence-electron chi connectivity index (χ1n) is 7.48. The molecule has 0 aliphatic carbocycles. The van der Waals surface area contributed by atoms with Crippen LogP contribution >= 0.6 is 11.6 Å². The highest BCUT2D eigenvalue weighted by Crippen LogP contribution is 2.32. The molecule has 0 unspecified atom stereocenters. The minimum absolute atomic E-state index is 0.00943. The third-order valence-corrected chi connectivity index (χ3v) is 5.64. The Labute approximate surface area is 148 Å². The first kappa shape index (κ1) is 17.8. The predicted octanol–water partition coefficient (Wildman–Crippen LogP) is 3.61. The van der Waals surface area contributed by atoms with E-state index in [4.69, 9.17) is 11.6 Å². The summed E-state index contributed by atoms with van der Waals surface area (Å²) in [4.78, 5) is 13.9. The molecule has 0 bridgehead atoms. The fourth-order valence-electron chi connectivity index (χ4n) is 2.90. The number of benzene rings is 2. The zero-order chi connectivity index (χ0) is 18.4. The van der Waals surface area contributed by atoms with Gasteiger partial charge in [-0.2, -0.15) is 0 Å².